The summed E-state index contributed by atoms with van der Waals surface area (Å²) in [6.07, 6.45) is -1.72. The van der Waals surface area contributed by atoms with Crippen LogP contribution in [0.5, 0.6) is 5.75 Å². The summed E-state index contributed by atoms with van der Waals surface area (Å²) >= 11 is 0. The van der Waals surface area contributed by atoms with E-state index in [1.165, 1.54) is 43.3 Å². The number of aromatic nitrogens is 1. The summed E-state index contributed by atoms with van der Waals surface area (Å²) in [5, 5.41) is 2.25. The Balaban J connectivity index is 1.65. The van der Waals surface area contributed by atoms with Gasteiger partial charge in [-0.05, 0) is 42.8 Å². The third kappa shape index (κ3) is 6.59. The minimum absolute atomic E-state index is 0.0548. The number of pyridine rings is 1. The number of halogens is 4. The molecule has 4 rings (SSSR count). The van der Waals surface area contributed by atoms with Gasteiger partial charge in [0.2, 0.25) is 21.6 Å². The van der Waals surface area contributed by atoms with Crippen molar-refractivity contribution in [2.24, 2.45) is 0 Å². The van der Waals surface area contributed by atoms with Crippen molar-refractivity contribution in [1.82, 2.24) is 15.2 Å². The largest absolute Gasteiger partial charge is 0.497 e. The monoisotopic (exact) mass is 609 g/mol. The molecule has 0 spiro atoms. The second kappa shape index (κ2) is 12.1. The molecule has 2 unspecified atom stereocenters. The highest BCUT2D eigenvalue weighted by Gasteiger charge is 2.61. The van der Waals surface area contributed by atoms with Gasteiger partial charge in [0, 0.05) is 55.9 Å². The van der Waals surface area contributed by atoms with Crippen LogP contribution in [0.1, 0.15) is 24.0 Å². The van der Waals surface area contributed by atoms with Crippen molar-refractivity contribution in [3.63, 3.8) is 0 Å². The number of methoxy groups -OCH3 is 1. The van der Waals surface area contributed by atoms with E-state index in [1.807, 2.05) is 15.7 Å². The van der Waals surface area contributed by atoms with Gasteiger partial charge in [-0.3, -0.25) is 19.4 Å². The quantitative estimate of drug-likeness (QED) is 0.353. The highest BCUT2D eigenvalue weighted by molar-refractivity contribution is 7.92. The van der Waals surface area contributed by atoms with Gasteiger partial charge in [0.25, 0.3) is 0 Å². The summed E-state index contributed by atoms with van der Waals surface area (Å²) in [6, 6.07) is 13.1. The average molecular weight is 610 g/mol. The fourth-order valence-electron chi connectivity index (χ4n) is 4.95. The fraction of sp³-hybridized carbons (Fsp3) is 0.357. The van der Waals surface area contributed by atoms with E-state index in [1.54, 1.807) is 18.2 Å². The van der Waals surface area contributed by atoms with Crippen LogP contribution in [0.3, 0.4) is 0 Å². The molecule has 0 saturated carbocycles. The van der Waals surface area contributed by atoms with Crippen LogP contribution in [0, 0.1) is 5.82 Å². The van der Waals surface area contributed by atoms with Crippen molar-refractivity contribution >= 4 is 27.3 Å². The van der Waals surface area contributed by atoms with Crippen LogP contribution in [0.4, 0.5) is 28.9 Å². The lowest BCUT2D eigenvalue weighted by molar-refractivity contribution is -0.251. The molecule has 14 heteroatoms. The molecule has 2 N–H and O–H groups in total. The first kappa shape index (κ1) is 31.0. The molecule has 42 heavy (non-hydrogen) atoms. The molecular weight excluding hydrogens is 578 g/mol. The van der Waals surface area contributed by atoms with Gasteiger partial charge in [-0.25, -0.2) is 12.8 Å². The number of hydrogen-bond acceptors (Lipinski definition) is 7. The lowest BCUT2D eigenvalue weighted by atomic mass is 9.93. The number of benzene rings is 2. The van der Waals surface area contributed by atoms with E-state index in [4.69, 9.17) is 4.74 Å². The van der Waals surface area contributed by atoms with Crippen LogP contribution in [0.2, 0.25) is 0 Å². The lowest BCUT2D eigenvalue weighted by Crippen LogP contribution is -2.69. The van der Waals surface area contributed by atoms with Gasteiger partial charge in [0.15, 0.2) is 0 Å². The zero-order chi connectivity index (χ0) is 30.7. The number of anilines is 2. The molecule has 2 atom stereocenters. The number of carbonyl (C=O) groups is 1. The number of carbonyl (C=O) groups excluding carboxylic acids is 1. The van der Waals surface area contributed by atoms with Gasteiger partial charge in [-0.1, -0.05) is 18.2 Å². The van der Waals surface area contributed by atoms with Crippen molar-refractivity contribution in [3.05, 3.63) is 83.9 Å². The summed E-state index contributed by atoms with van der Waals surface area (Å²) in [5.74, 6) is -2.58. The van der Waals surface area contributed by atoms with Gasteiger partial charge >= 0.3 is 6.18 Å². The molecule has 1 aliphatic rings. The van der Waals surface area contributed by atoms with E-state index in [-0.39, 0.29) is 43.0 Å². The van der Waals surface area contributed by atoms with Crippen LogP contribution in [0.15, 0.2) is 67.0 Å². The zero-order valence-corrected chi connectivity index (χ0v) is 24.0. The Morgan fingerprint density at radius 1 is 1.05 bits per heavy atom. The number of amides is 1. The summed E-state index contributed by atoms with van der Waals surface area (Å²) in [6.45, 7) is 1.70. The minimum Gasteiger partial charge on any atom is -0.497 e. The van der Waals surface area contributed by atoms with E-state index >= 15 is 13.2 Å². The number of alkyl halides is 3. The third-order valence-electron chi connectivity index (χ3n) is 7.15. The maximum Gasteiger partial charge on any atom is 0.429 e. The van der Waals surface area contributed by atoms with E-state index in [2.05, 4.69) is 10.3 Å². The number of sulfonamides is 1. The standard InChI is InChI=1S/C28H31F4N5O4S/c1-19(20-9-10-25(24(29)16-20)35-42(3,39)40)26(38)34-27(28(30,31)32,21-6-5-11-33-18-21)37-14-12-36(13-15-37)22-7-4-8-23(17-22)41-2/h4-11,16-19,35H,12-15H2,1-3H3,(H,34,38). The minimum atomic E-state index is -4.97. The number of nitrogens with zero attached hydrogens (tertiary/aromatic N) is 3. The Bertz CT molecular complexity index is 1520. The van der Waals surface area contributed by atoms with Gasteiger partial charge in [-0.15, -0.1) is 0 Å². The third-order valence-corrected chi connectivity index (χ3v) is 7.74. The first-order chi connectivity index (χ1) is 19.7. The SMILES string of the molecule is COc1cccc(N2CCN(C(NC(=O)C(C)c3ccc(NS(C)(=O)=O)c(F)c3)(c3cccnc3)C(F)(F)F)CC2)c1. The van der Waals surface area contributed by atoms with Crippen molar-refractivity contribution in [2.75, 3.05) is 49.2 Å². The van der Waals surface area contributed by atoms with Crippen molar-refractivity contribution < 1.29 is 35.5 Å². The molecule has 9 nitrogen and oxygen atoms in total. The molecule has 0 radical (unpaired) electrons. The lowest BCUT2D eigenvalue weighted by Gasteiger charge is -2.49. The molecule has 1 aliphatic heterocycles. The zero-order valence-electron chi connectivity index (χ0n) is 23.2. The van der Waals surface area contributed by atoms with E-state index in [0.717, 1.165) is 30.3 Å². The molecule has 1 aromatic heterocycles. The van der Waals surface area contributed by atoms with Crippen molar-refractivity contribution in [2.45, 2.75) is 24.7 Å². The topological polar surface area (TPSA) is 104 Å². The summed E-state index contributed by atoms with van der Waals surface area (Å²) < 4.78 is 90.6. The fourth-order valence-corrected chi connectivity index (χ4v) is 5.52. The smallest absolute Gasteiger partial charge is 0.429 e. The molecule has 2 heterocycles. The van der Waals surface area contributed by atoms with Gasteiger partial charge in [0.1, 0.15) is 11.6 Å². The normalized spacial score (nSPS) is 16.8. The predicted molar refractivity (Wildman–Crippen MR) is 150 cm³/mol. The molecule has 1 saturated heterocycles. The summed E-state index contributed by atoms with van der Waals surface area (Å²) in [7, 11) is -2.24. The van der Waals surface area contributed by atoms with Crippen LogP contribution in [0.25, 0.3) is 0 Å². The predicted octanol–water partition coefficient (Wildman–Crippen LogP) is 4.06. The Morgan fingerprint density at radius 3 is 2.33 bits per heavy atom. The maximum atomic E-state index is 15.2. The Morgan fingerprint density at radius 2 is 1.76 bits per heavy atom. The van der Waals surface area contributed by atoms with Crippen molar-refractivity contribution in [3.8, 4) is 5.75 Å². The van der Waals surface area contributed by atoms with E-state index < -0.39 is 39.5 Å². The van der Waals surface area contributed by atoms with Gasteiger partial charge < -0.3 is 15.0 Å². The molecule has 1 fully saturated rings. The summed E-state index contributed by atoms with van der Waals surface area (Å²) in [4.78, 5) is 20.5. The highest BCUT2D eigenvalue weighted by Crippen LogP contribution is 2.43. The number of hydrogen-bond donors (Lipinski definition) is 2. The van der Waals surface area contributed by atoms with E-state index in [0.29, 0.717) is 5.75 Å². The molecule has 0 bridgehead atoms. The van der Waals surface area contributed by atoms with Crippen molar-refractivity contribution in [1.29, 1.82) is 0 Å². The number of ether oxygens (including phenoxy) is 1. The molecule has 0 aliphatic carbocycles. The number of piperazine rings is 1. The Labute approximate surface area is 241 Å². The summed E-state index contributed by atoms with van der Waals surface area (Å²) in [5.41, 5.74) is -2.69. The Hall–Kier alpha value is -3.91. The van der Waals surface area contributed by atoms with Crippen LogP contribution in [-0.4, -0.2) is 69.9 Å². The highest BCUT2D eigenvalue weighted by atomic mass is 32.2. The average Bonchev–Trinajstić information content (AvgIpc) is 2.95. The molecule has 2 aromatic carbocycles. The van der Waals surface area contributed by atoms with Crippen LogP contribution >= 0.6 is 0 Å². The second-order valence-electron chi connectivity index (χ2n) is 9.95. The van der Waals surface area contributed by atoms with Gasteiger partial charge in [0.05, 0.1) is 25.0 Å². The molecule has 226 valence electrons. The van der Waals surface area contributed by atoms with Crippen LogP contribution in [-0.2, 0) is 20.5 Å². The first-order valence-corrected chi connectivity index (χ1v) is 14.8. The van der Waals surface area contributed by atoms with Gasteiger partial charge in [-0.2, -0.15) is 13.2 Å². The molecule has 3 aromatic rings. The molecular formula is C28H31F4N5O4S. The number of rotatable bonds is 9. The van der Waals surface area contributed by atoms with E-state index in [9.17, 15) is 17.6 Å². The molecule has 1 amide bonds. The Kier molecular flexibility index (Phi) is 8.97. The van der Waals surface area contributed by atoms with Crippen LogP contribution < -0.4 is 19.7 Å². The first-order valence-electron chi connectivity index (χ1n) is 13.0. The second-order valence-corrected chi connectivity index (χ2v) is 11.7. The number of nitrogens with one attached hydrogen (secondary N) is 2. The maximum absolute atomic E-state index is 15.2.